The first-order valence-corrected chi connectivity index (χ1v) is 6.90. The summed E-state index contributed by atoms with van der Waals surface area (Å²) >= 11 is 0. The van der Waals surface area contributed by atoms with Gasteiger partial charge in [0, 0.05) is 25.7 Å². The summed E-state index contributed by atoms with van der Waals surface area (Å²) in [6.45, 7) is 3.17. The minimum atomic E-state index is -0.130. The summed E-state index contributed by atoms with van der Waals surface area (Å²) in [6.07, 6.45) is 3.07. The number of benzene rings is 1. The van der Waals surface area contributed by atoms with Crippen LogP contribution in [-0.4, -0.2) is 23.7 Å². The molecule has 0 heterocycles. The van der Waals surface area contributed by atoms with E-state index in [9.17, 15) is 9.90 Å². The molecule has 1 amide bonds. The van der Waals surface area contributed by atoms with Gasteiger partial charge < -0.3 is 15.7 Å². The molecule has 0 aromatic heterocycles. The number of anilines is 1. The number of nitrogens with one attached hydrogen (secondary N) is 2. The number of hydrogen-bond acceptors (Lipinski definition) is 3. The van der Waals surface area contributed by atoms with E-state index < -0.39 is 0 Å². The van der Waals surface area contributed by atoms with E-state index in [1.165, 1.54) is 12.5 Å². The van der Waals surface area contributed by atoms with Crippen molar-refractivity contribution in [1.82, 2.24) is 5.32 Å². The van der Waals surface area contributed by atoms with Crippen LogP contribution in [-0.2, 0) is 11.3 Å². The molecular weight excluding hydrogens is 240 g/mol. The van der Waals surface area contributed by atoms with Crippen molar-refractivity contribution < 1.29 is 9.90 Å². The molecule has 0 aliphatic heterocycles. The number of carbonyl (C=O) groups excluding carboxylic acids is 1. The maximum absolute atomic E-state index is 10.9. The summed E-state index contributed by atoms with van der Waals surface area (Å²) in [5.74, 6) is 0.347. The molecule has 1 aliphatic rings. The zero-order valence-corrected chi connectivity index (χ0v) is 11.4. The van der Waals surface area contributed by atoms with Gasteiger partial charge in [-0.25, -0.2) is 0 Å². The first kappa shape index (κ1) is 14.0. The molecule has 1 aromatic rings. The van der Waals surface area contributed by atoms with Gasteiger partial charge >= 0.3 is 0 Å². The van der Waals surface area contributed by atoms with E-state index in [1.807, 2.05) is 24.3 Å². The van der Waals surface area contributed by atoms with Gasteiger partial charge in [-0.1, -0.05) is 18.6 Å². The van der Waals surface area contributed by atoms with Crippen LogP contribution in [0.3, 0.4) is 0 Å². The van der Waals surface area contributed by atoms with Crippen LogP contribution in [0, 0.1) is 5.92 Å². The molecule has 19 heavy (non-hydrogen) atoms. The lowest BCUT2D eigenvalue weighted by molar-refractivity contribution is -0.114. The predicted molar refractivity (Wildman–Crippen MR) is 75.8 cm³/mol. The SMILES string of the molecule is CC(=O)Nc1ccc(CNCC2CCCC2O)cc1. The zero-order valence-electron chi connectivity index (χ0n) is 11.4. The highest BCUT2D eigenvalue weighted by Crippen LogP contribution is 2.24. The maximum atomic E-state index is 10.9. The summed E-state index contributed by atoms with van der Waals surface area (Å²) in [7, 11) is 0. The molecular formula is C15H22N2O2. The Morgan fingerprint density at radius 1 is 1.32 bits per heavy atom. The van der Waals surface area contributed by atoms with Crippen molar-refractivity contribution in [2.24, 2.45) is 5.92 Å². The molecule has 2 unspecified atom stereocenters. The van der Waals surface area contributed by atoms with Crippen LogP contribution < -0.4 is 10.6 Å². The highest BCUT2D eigenvalue weighted by molar-refractivity contribution is 5.88. The van der Waals surface area contributed by atoms with E-state index in [1.54, 1.807) is 0 Å². The molecule has 1 aromatic carbocycles. The van der Waals surface area contributed by atoms with Gasteiger partial charge in [-0.3, -0.25) is 4.79 Å². The van der Waals surface area contributed by atoms with Crippen LogP contribution in [0.5, 0.6) is 0 Å². The van der Waals surface area contributed by atoms with Crippen molar-refractivity contribution in [3.05, 3.63) is 29.8 Å². The van der Waals surface area contributed by atoms with Gasteiger partial charge in [0.25, 0.3) is 0 Å². The van der Waals surface area contributed by atoms with E-state index in [0.29, 0.717) is 5.92 Å². The second-order valence-electron chi connectivity index (χ2n) is 5.27. The Labute approximate surface area is 114 Å². The Morgan fingerprint density at radius 2 is 2.05 bits per heavy atom. The molecule has 0 spiro atoms. The first-order valence-electron chi connectivity index (χ1n) is 6.90. The molecule has 3 N–H and O–H groups in total. The van der Waals surface area contributed by atoms with E-state index in [4.69, 9.17) is 0 Å². The summed E-state index contributed by atoms with van der Waals surface area (Å²) in [5.41, 5.74) is 2.00. The molecule has 1 aliphatic carbocycles. The van der Waals surface area contributed by atoms with Gasteiger partial charge in [-0.2, -0.15) is 0 Å². The van der Waals surface area contributed by atoms with E-state index >= 15 is 0 Å². The Balaban J connectivity index is 1.75. The molecule has 0 bridgehead atoms. The summed E-state index contributed by atoms with van der Waals surface area (Å²) < 4.78 is 0. The van der Waals surface area contributed by atoms with Crippen molar-refractivity contribution in [3.63, 3.8) is 0 Å². The van der Waals surface area contributed by atoms with E-state index in [-0.39, 0.29) is 12.0 Å². The molecule has 0 saturated heterocycles. The molecule has 4 heteroatoms. The Kier molecular flexibility index (Phi) is 4.93. The highest BCUT2D eigenvalue weighted by atomic mass is 16.3. The molecule has 2 atom stereocenters. The molecule has 2 rings (SSSR count). The molecule has 4 nitrogen and oxygen atoms in total. The topological polar surface area (TPSA) is 61.4 Å². The lowest BCUT2D eigenvalue weighted by Crippen LogP contribution is -2.27. The van der Waals surface area contributed by atoms with Crippen LogP contribution in [0.1, 0.15) is 31.7 Å². The Hall–Kier alpha value is -1.39. The van der Waals surface area contributed by atoms with Gasteiger partial charge in [-0.05, 0) is 36.5 Å². The lowest BCUT2D eigenvalue weighted by Gasteiger charge is -2.15. The van der Waals surface area contributed by atoms with Gasteiger partial charge in [0.15, 0.2) is 0 Å². The molecule has 1 fully saturated rings. The smallest absolute Gasteiger partial charge is 0.221 e. The predicted octanol–water partition coefficient (Wildman–Crippen LogP) is 1.90. The second-order valence-corrected chi connectivity index (χ2v) is 5.27. The number of hydrogen-bond donors (Lipinski definition) is 3. The third kappa shape index (κ3) is 4.33. The molecule has 1 saturated carbocycles. The van der Waals surface area contributed by atoms with Crippen LogP contribution in [0.2, 0.25) is 0 Å². The average molecular weight is 262 g/mol. The normalized spacial score (nSPS) is 22.4. The van der Waals surface area contributed by atoms with Gasteiger partial charge in [0.05, 0.1) is 6.10 Å². The summed E-state index contributed by atoms with van der Waals surface area (Å²) in [5, 5.41) is 15.9. The molecule has 104 valence electrons. The summed E-state index contributed by atoms with van der Waals surface area (Å²) in [4.78, 5) is 10.9. The average Bonchev–Trinajstić information content (AvgIpc) is 2.77. The Morgan fingerprint density at radius 3 is 2.63 bits per heavy atom. The minimum absolute atomic E-state index is 0.0545. The third-order valence-electron chi connectivity index (χ3n) is 3.63. The van der Waals surface area contributed by atoms with Crippen molar-refractivity contribution in [2.45, 2.75) is 38.8 Å². The lowest BCUT2D eigenvalue weighted by atomic mass is 10.1. The quantitative estimate of drug-likeness (QED) is 0.759. The van der Waals surface area contributed by atoms with Gasteiger partial charge in [-0.15, -0.1) is 0 Å². The van der Waals surface area contributed by atoms with Crippen LogP contribution in [0.4, 0.5) is 5.69 Å². The molecule has 0 radical (unpaired) electrons. The van der Waals surface area contributed by atoms with Crippen LogP contribution in [0.15, 0.2) is 24.3 Å². The number of carbonyl (C=O) groups is 1. The monoisotopic (exact) mass is 262 g/mol. The largest absolute Gasteiger partial charge is 0.393 e. The van der Waals surface area contributed by atoms with E-state index in [2.05, 4.69) is 10.6 Å². The third-order valence-corrected chi connectivity index (χ3v) is 3.63. The highest BCUT2D eigenvalue weighted by Gasteiger charge is 2.24. The maximum Gasteiger partial charge on any atom is 0.221 e. The number of aliphatic hydroxyl groups is 1. The van der Waals surface area contributed by atoms with Crippen molar-refractivity contribution in [1.29, 1.82) is 0 Å². The van der Waals surface area contributed by atoms with Crippen LogP contribution >= 0.6 is 0 Å². The number of aliphatic hydroxyl groups excluding tert-OH is 1. The minimum Gasteiger partial charge on any atom is -0.393 e. The second kappa shape index (κ2) is 6.68. The van der Waals surface area contributed by atoms with Crippen molar-refractivity contribution in [3.8, 4) is 0 Å². The van der Waals surface area contributed by atoms with E-state index in [0.717, 1.165) is 38.0 Å². The fraction of sp³-hybridized carbons (Fsp3) is 0.533. The fourth-order valence-electron chi connectivity index (χ4n) is 2.57. The number of amides is 1. The van der Waals surface area contributed by atoms with Crippen LogP contribution in [0.25, 0.3) is 0 Å². The summed E-state index contributed by atoms with van der Waals surface area (Å²) in [6, 6.07) is 7.82. The Bertz CT molecular complexity index is 417. The number of rotatable bonds is 5. The zero-order chi connectivity index (χ0) is 13.7. The van der Waals surface area contributed by atoms with Gasteiger partial charge in [0.2, 0.25) is 5.91 Å². The first-order chi connectivity index (χ1) is 9.15. The fourth-order valence-corrected chi connectivity index (χ4v) is 2.57. The van der Waals surface area contributed by atoms with Crippen molar-refractivity contribution >= 4 is 11.6 Å². The standard InChI is InChI=1S/C15H22N2O2/c1-11(18)17-14-7-5-12(6-8-14)9-16-10-13-3-2-4-15(13)19/h5-8,13,15-16,19H,2-4,9-10H2,1H3,(H,17,18). The van der Waals surface area contributed by atoms with Gasteiger partial charge in [0.1, 0.15) is 0 Å². The van der Waals surface area contributed by atoms with Crippen molar-refractivity contribution in [2.75, 3.05) is 11.9 Å².